The number of allylic oxidation sites excluding steroid dienone is 2. The lowest BCUT2D eigenvalue weighted by Gasteiger charge is -2.32. The largest absolute Gasteiger partial charge is 0.392 e. The van der Waals surface area contributed by atoms with Crippen molar-refractivity contribution in [3.05, 3.63) is 23.8 Å². The van der Waals surface area contributed by atoms with Gasteiger partial charge < -0.3 is 10.2 Å². The van der Waals surface area contributed by atoms with E-state index in [1.807, 2.05) is 6.92 Å². The fourth-order valence-corrected chi connectivity index (χ4v) is 5.76. The van der Waals surface area contributed by atoms with Gasteiger partial charge in [0.05, 0.1) is 12.2 Å². The van der Waals surface area contributed by atoms with Crippen molar-refractivity contribution in [1.29, 1.82) is 0 Å². The third-order valence-electron chi connectivity index (χ3n) is 7.16. The highest BCUT2D eigenvalue weighted by molar-refractivity contribution is 5.24. The van der Waals surface area contributed by atoms with E-state index in [0.717, 1.165) is 37.2 Å². The van der Waals surface area contributed by atoms with Gasteiger partial charge in [0.15, 0.2) is 0 Å². The lowest BCUT2D eigenvalue weighted by molar-refractivity contribution is -0.00230. The van der Waals surface area contributed by atoms with Crippen LogP contribution < -0.4 is 0 Å². The molecule has 0 amide bonds. The monoisotopic (exact) mass is 304 g/mol. The van der Waals surface area contributed by atoms with Gasteiger partial charge in [0, 0.05) is 0 Å². The molecule has 0 aromatic carbocycles. The van der Waals surface area contributed by atoms with E-state index < -0.39 is 5.60 Å². The molecular weight excluding hydrogens is 272 g/mol. The van der Waals surface area contributed by atoms with E-state index in [1.54, 1.807) is 0 Å². The molecule has 3 saturated carbocycles. The predicted molar refractivity (Wildman–Crippen MR) is 90.4 cm³/mol. The van der Waals surface area contributed by atoms with Crippen LogP contribution in [0, 0.1) is 29.1 Å². The third kappa shape index (κ3) is 2.49. The Kier molecular flexibility index (Phi) is 4.06. The highest BCUT2D eigenvalue weighted by Crippen LogP contribution is 2.73. The van der Waals surface area contributed by atoms with Crippen molar-refractivity contribution in [2.75, 3.05) is 6.61 Å². The SMILES string of the molecule is C=C1CC[C@@H]2[C@H]([C@@H]3[C@H]1CC[C@]3(C)O)[C@@]2(C)CC/C=C(/C)CO. The van der Waals surface area contributed by atoms with E-state index in [0.29, 0.717) is 23.2 Å². The average molecular weight is 304 g/mol. The second-order valence-corrected chi connectivity index (χ2v) is 8.61. The number of hydrogen-bond donors (Lipinski definition) is 2. The first-order chi connectivity index (χ1) is 10.3. The molecular formula is C20H32O2. The maximum Gasteiger partial charge on any atom is 0.0656 e. The number of aliphatic hydroxyl groups excluding tert-OH is 1. The molecule has 0 aromatic rings. The zero-order chi connectivity index (χ0) is 16.1. The summed E-state index contributed by atoms with van der Waals surface area (Å²) < 4.78 is 0. The first-order valence-electron chi connectivity index (χ1n) is 8.98. The zero-order valence-corrected chi connectivity index (χ0v) is 14.4. The molecule has 0 aliphatic heterocycles. The van der Waals surface area contributed by atoms with Crippen LogP contribution in [0.5, 0.6) is 0 Å². The van der Waals surface area contributed by atoms with Crippen LogP contribution in [0.25, 0.3) is 0 Å². The van der Waals surface area contributed by atoms with Gasteiger partial charge in [0.1, 0.15) is 0 Å². The maximum absolute atomic E-state index is 10.9. The van der Waals surface area contributed by atoms with Gasteiger partial charge in [-0.15, -0.1) is 0 Å². The van der Waals surface area contributed by atoms with Crippen LogP contribution in [0.2, 0.25) is 0 Å². The normalized spacial score (nSPS) is 47.9. The van der Waals surface area contributed by atoms with Gasteiger partial charge in [-0.3, -0.25) is 0 Å². The zero-order valence-electron chi connectivity index (χ0n) is 14.4. The molecule has 0 unspecified atom stereocenters. The Bertz CT molecular complexity index is 490. The molecule has 0 aromatic heterocycles. The Balaban J connectivity index is 1.76. The Morgan fingerprint density at radius 2 is 2.05 bits per heavy atom. The molecule has 2 nitrogen and oxygen atoms in total. The van der Waals surface area contributed by atoms with Gasteiger partial charge in [0.2, 0.25) is 0 Å². The standard InChI is InChI=1S/C20H32O2/c1-13(12-21)6-5-10-19(3)16-8-7-14(2)15-9-11-20(4,22)17(15)18(16)19/h6,15-18,21-22H,2,5,7-12H2,1,3-4H3/b13-6-/t15-,16+,17-,18+,19-,20-/m0/s1. The Morgan fingerprint density at radius 1 is 1.32 bits per heavy atom. The van der Waals surface area contributed by atoms with E-state index in [2.05, 4.69) is 26.5 Å². The van der Waals surface area contributed by atoms with Crippen LogP contribution in [0.3, 0.4) is 0 Å². The molecule has 0 saturated heterocycles. The molecule has 3 aliphatic carbocycles. The molecule has 0 radical (unpaired) electrons. The summed E-state index contributed by atoms with van der Waals surface area (Å²) >= 11 is 0. The van der Waals surface area contributed by atoms with Crippen molar-refractivity contribution < 1.29 is 10.2 Å². The molecule has 0 bridgehead atoms. The van der Waals surface area contributed by atoms with Gasteiger partial charge >= 0.3 is 0 Å². The molecule has 3 fully saturated rings. The Morgan fingerprint density at radius 3 is 2.73 bits per heavy atom. The number of aliphatic hydroxyl groups is 2. The van der Waals surface area contributed by atoms with E-state index >= 15 is 0 Å². The molecule has 2 heteroatoms. The van der Waals surface area contributed by atoms with Gasteiger partial charge in [0.25, 0.3) is 0 Å². The molecule has 2 N–H and O–H groups in total. The second-order valence-electron chi connectivity index (χ2n) is 8.61. The van der Waals surface area contributed by atoms with Crippen molar-refractivity contribution in [2.24, 2.45) is 29.1 Å². The summed E-state index contributed by atoms with van der Waals surface area (Å²) in [6.45, 7) is 11.0. The Labute approximate surface area is 135 Å². The van der Waals surface area contributed by atoms with Crippen molar-refractivity contribution in [3.8, 4) is 0 Å². The number of rotatable bonds is 4. The van der Waals surface area contributed by atoms with Crippen LogP contribution in [0.4, 0.5) is 0 Å². The lowest BCUT2D eigenvalue weighted by atomic mass is 9.76. The van der Waals surface area contributed by atoms with Crippen molar-refractivity contribution in [2.45, 2.75) is 64.9 Å². The topological polar surface area (TPSA) is 40.5 Å². The smallest absolute Gasteiger partial charge is 0.0656 e. The van der Waals surface area contributed by atoms with Crippen LogP contribution >= 0.6 is 0 Å². The highest BCUT2D eigenvalue weighted by Gasteiger charge is 2.68. The van der Waals surface area contributed by atoms with Gasteiger partial charge in [-0.25, -0.2) is 0 Å². The highest BCUT2D eigenvalue weighted by atomic mass is 16.3. The van der Waals surface area contributed by atoms with E-state index in [4.69, 9.17) is 5.11 Å². The first kappa shape index (κ1) is 16.3. The van der Waals surface area contributed by atoms with E-state index in [1.165, 1.54) is 18.4 Å². The van der Waals surface area contributed by atoms with Crippen LogP contribution in [0.1, 0.15) is 59.3 Å². The summed E-state index contributed by atoms with van der Waals surface area (Å²) in [5.41, 5.74) is 2.34. The molecule has 22 heavy (non-hydrogen) atoms. The lowest BCUT2D eigenvalue weighted by Crippen LogP contribution is -2.35. The van der Waals surface area contributed by atoms with Gasteiger partial charge in [-0.05, 0) is 81.5 Å². The average Bonchev–Trinajstić information content (AvgIpc) is 2.95. The fraction of sp³-hybridized carbons (Fsp3) is 0.800. The first-order valence-corrected chi connectivity index (χ1v) is 8.98. The second kappa shape index (κ2) is 5.49. The molecule has 3 rings (SSSR count). The fourth-order valence-electron chi connectivity index (χ4n) is 5.76. The van der Waals surface area contributed by atoms with Crippen molar-refractivity contribution in [1.82, 2.24) is 0 Å². The Hall–Kier alpha value is -0.600. The number of fused-ring (bicyclic) bond motifs is 3. The third-order valence-corrected chi connectivity index (χ3v) is 7.16. The minimum absolute atomic E-state index is 0.169. The summed E-state index contributed by atoms with van der Waals surface area (Å²) in [5.74, 6) is 2.38. The summed E-state index contributed by atoms with van der Waals surface area (Å²) in [5, 5.41) is 20.1. The van der Waals surface area contributed by atoms with Crippen molar-refractivity contribution >= 4 is 0 Å². The van der Waals surface area contributed by atoms with Crippen LogP contribution in [-0.2, 0) is 0 Å². The minimum Gasteiger partial charge on any atom is -0.392 e. The number of hydrogen-bond acceptors (Lipinski definition) is 2. The van der Waals surface area contributed by atoms with E-state index in [9.17, 15) is 5.11 Å². The van der Waals surface area contributed by atoms with Crippen LogP contribution in [0.15, 0.2) is 23.8 Å². The van der Waals surface area contributed by atoms with Gasteiger partial charge in [-0.2, -0.15) is 0 Å². The van der Waals surface area contributed by atoms with Gasteiger partial charge in [-0.1, -0.05) is 30.7 Å². The van der Waals surface area contributed by atoms with E-state index in [-0.39, 0.29) is 6.61 Å². The summed E-state index contributed by atoms with van der Waals surface area (Å²) in [6, 6.07) is 0. The summed E-state index contributed by atoms with van der Waals surface area (Å²) in [7, 11) is 0. The molecule has 0 heterocycles. The quantitative estimate of drug-likeness (QED) is 0.768. The van der Waals surface area contributed by atoms with Crippen molar-refractivity contribution in [3.63, 3.8) is 0 Å². The minimum atomic E-state index is -0.504. The molecule has 124 valence electrons. The predicted octanol–water partition coefficient (Wildman–Crippen LogP) is 4.08. The molecule has 6 atom stereocenters. The molecule has 3 aliphatic rings. The maximum atomic E-state index is 10.9. The van der Waals surface area contributed by atoms with Crippen LogP contribution in [-0.4, -0.2) is 22.4 Å². The summed E-state index contributed by atoms with van der Waals surface area (Å²) in [4.78, 5) is 0. The summed E-state index contributed by atoms with van der Waals surface area (Å²) in [6.07, 6.45) is 8.89. The molecule has 0 spiro atoms.